The van der Waals surface area contributed by atoms with E-state index in [2.05, 4.69) is 11.4 Å². The number of benzene rings is 2. The van der Waals surface area contributed by atoms with Gasteiger partial charge in [0.25, 0.3) is 0 Å². The number of nitrogens with one attached hydrogen (secondary N) is 1. The van der Waals surface area contributed by atoms with Gasteiger partial charge in [0.15, 0.2) is 11.5 Å². The number of phenolic OH excluding ortho intramolecular Hbond substituents is 1. The number of carbonyl (C=O) groups is 2. The number of carbonyl (C=O) groups excluding carboxylic acids is 2. The number of hydrogen-bond acceptors (Lipinski definition) is 6. The van der Waals surface area contributed by atoms with Gasteiger partial charge in [-0.1, -0.05) is 56.3 Å². The molecule has 6 heteroatoms. The van der Waals surface area contributed by atoms with E-state index in [-0.39, 0.29) is 23.6 Å². The Labute approximate surface area is 200 Å². The van der Waals surface area contributed by atoms with Gasteiger partial charge < -0.3 is 19.9 Å². The van der Waals surface area contributed by atoms with Crippen molar-refractivity contribution in [2.24, 2.45) is 11.3 Å². The fourth-order valence-electron chi connectivity index (χ4n) is 4.98. The summed E-state index contributed by atoms with van der Waals surface area (Å²) < 4.78 is 10.9. The molecule has 2 aromatic rings. The molecule has 0 spiro atoms. The van der Waals surface area contributed by atoms with E-state index in [9.17, 15) is 14.7 Å². The molecule has 0 aromatic heterocycles. The summed E-state index contributed by atoms with van der Waals surface area (Å²) in [6.45, 7) is 6.11. The molecule has 178 valence electrons. The van der Waals surface area contributed by atoms with E-state index in [1.165, 1.54) is 7.11 Å². The molecular weight excluding hydrogens is 430 g/mol. The van der Waals surface area contributed by atoms with E-state index in [0.717, 1.165) is 11.3 Å². The van der Waals surface area contributed by atoms with Crippen molar-refractivity contribution >= 4 is 11.8 Å². The number of allylic oxidation sites excluding steroid dienone is 3. The Morgan fingerprint density at radius 2 is 1.88 bits per heavy atom. The SMILES string of the molecule is COc1ccc(C2C(C(=O)OCCc3ccccc3)=C(C)NC3=CC(C)(C)CC(=O)C32)cc1O. The predicted molar refractivity (Wildman–Crippen MR) is 129 cm³/mol. The number of hydrogen-bond donors (Lipinski definition) is 2. The lowest BCUT2D eigenvalue weighted by Crippen LogP contribution is -2.43. The van der Waals surface area contributed by atoms with Crippen LogP contribution in [-0.2, 0) is 20.7 Å². The Bertz CT molecular complexity index is 1160. The first kappa shape index (κ1) is 23.6. The van der Waals surface area contributed by atoms with Gasteiger partial charge in [-0.25, -0.2) is 4.79 Å². The van der Waals surface area contributed by atoms with Crippen molar-refractivity contribution in [3.63, 3.8) is 0 Å². The Balaban J connectivity index is 1.71. The number of rotatable bonds is 6. The molecule has 1 heterocycles. The first-order valence-electron chi connectivity index (χ1n) is 11.5. The highest BCUT2D eigenvalue weighted by Crippen LogP contribution is 2.48. The number of esters is 1. The molecule has 2 aromatic carbocycles. The normalized spacial score (nSPS) is 21.3. The molecule has 0 amide bonds. The molecule has 0 radical (unpaired) electrons. The largest absolute Gasteiger partial charge is 0.504 e. The number of fused-ring (bicyclic) bond motifs is 1. The molecule has 4 rings (SSSR count). The summed E-state index contributed by atoms with van der Waals surface area (Å²) in [5.41, 5.74) is 3.31. The van der Waals surface area contributed by atoms with Gasteiger partial charge in [-0.05, 0) is 35.6 Å². The minimum atomic E-state index is -0.572. The zero-order chi connectivity index (χ0) is 24.5. The van der Waals surface area contributed by atoms with Crippen LogP contribution in [0.5, 0.6) is 11.5 Å². The van der Waals surface area contributed by atoms with Gasteiger partial charge in [0.05, 0.1) is 25.2 Å². The second-order valence-electron chi connectivity index (χ2n) is 9.65. The fourth-order valence-corrected chi connectivity index (χ4v) is 4.98. The van der Waals surface area contributed by atoms with Crippen molar-refractivity contribution in [1.82, 2.24) is 5.32 Å². The van der Waals surface area contributed by atoms with Crippen molar-refractivity contribution in [2.75, 3.05) is 13.7 Å². The van der Waals surface area contributed by atoms with Gasteiger partial charge in [0.1, 0.15) is 5.78 Å². The Morgan fingerprint density at radius 3 is 2.56 bits per heavy atom. The van der Waals surface area contributed by atoms with Crippen LogP contribution in [0.3, 0.4) is 0 Å². The fraction of sp³-hybridized carbons (Fsp3) is 0.357. The highest BCUT2D eigenvalue weighted by Gasteiger charge is 2.46. The van der Waals surface area contributed by atoms with Crippen LogP contribution in [0.4, 0.5) is 0 Å². The second-order valence-corrected chi connectivity index (χ2v) is 9.65. The minimum Gasteiger partial charge on any atom is -0.504 e. The van der Waals surface area contributed by atoms with Gasteiger partial charge >= 0.3 is 5.97 Å². The number of Topliss-reactive ketones (excluding diaryl/α,β-unsaturated/α-hetero) is 1. The molecule has 2 aliphatic rings. The van der Waals surface area contributed by atoms with E-state index in [0.29, 0.717) is 35.4 Å². The summed E-state index contributed by atoms with van der Waals surface area (Å²) in [5, 5.41) is 13.8. The van der Waals surface area contributed by atoms with Crippen molar-refractivity contribution in [3.8, 4) is 11.5 Å². The highest BCUT2D eigenvalue weighted by molar-refractivity contribution is 5.96. The highest BCUT2D eigenvalue weighted by atomic mass is 16.5. The van der Waals surface area contributed by atoms with Gasteiger partial charge in [-0.2, -0.15) is 0 Å². The molecular formula is C28H31NO5. The topological polar surface area (TPSA) is 84.9 Å². The van der Waals surface area contributed by atoms with Crippen molar-refractivity contribution in [1.29, 1.82) is 0 Å². The Morgan fingerprint density at radius 1 is 1.15 bits per heavy atom. The molecule has 6 nitrogen and oxygen atoms in total. The third-order valence-electron chi connectivity index (χ3n) is 6.49. The summed E-state index contributed by atoms with van der Waals surface area (Å²) in [6.07, 6.45) is 3.05. The molecule has 2 N–H and O–H groups in total. The molecule has 34 heavy (non-hydrogen) atoms. The average molecular weight is 462 g/mol. The van der Waals surface area contributed by atoms with Crippen LogP contribution in [0.2, 0.25) is 0 Å². The number of aromatic hydroxyl groups is 1. The van der Waals surface area contributed by atoms with Crippen LogP contribution >= 0.6 is 0 Å². The van der Waals surface area contributed by atoms with Gasteiger partial charge in [0.2, 0.25) is 0 Å². The zero-order valence-electron chi connectivity index (χ0n) is 20.1. The standard InChI is InChI=1S/C28H31NO5/c1-17-24(27(32)34-13-12-18-8-6-5-7-9-18)25(19-10-11-23(33-4)21(30)14-19)26-20(29-17)15-28(2,3)16-22(26)31/h5-11,14-15,25-26,29-30H,12-13,16H2,1-4H3. The van der Waals surface area contributed by atoms with E-state index >= 15 is 0 Å². The number of ketones is 1. The maximum Gasteiger partial charge on any atom is 0.336 e. The average Bonchev–Trinajstić information content (AvgIpc) is 2.77. The predicted octanol–water partition coefficient (Wildman–Crippen LogP) is 4.65. The number of ether oxygens (including phenoxy) is 2. The van der Waals surface area contributed by atoms with Crippen LogP contribution in [0.15, 0.2) is 71.6 Å². The maximum atomic E-state index is 13.4. The molecule has 1 aliphatic heterocycles. The monoisotopic (exact) mass is 461 g/mol. The lowest BCUT2D eigenvalue weighted by Gasteiger charge is -2.41. The van der Waals surface area contributed by atoms with E-state index in [1.807, 2.05) is 51.1 Å². The number of phenols is 1. The van der Waals surface area contributed by atoms with Gasteiger partial charge in [0, 0.05) is 30.2 Å². The van der Waals surface area contributed by atoms with Crippen LogP contribution in [0.1, 0.15) is 44.2 Å². The van der Waals surface area contributed by atoms with Crippen molar-refractivity contribution in [3.05, 3.63) is 82.7 Å². The quantitative estimate of drug-likeness (QED) is 0.610. The maximum absolute atomic E-state index is 13.4. The first-order valence-corrected chi connectivity index (χ1v) is 11.5. The van der Waals surface area contributed by atoms with Crippen LogP contribution < -0.4 is 10.1 Å². The Kier molecular flexibility index (Phi) is 6.51. The lowest BCUT2D eigenvalue weighted by atomic mass is 9.66. The molecule has 1 aliphatic carbocycles. The van der Waals surface area contributed by atoms with E-state index in [4.69, 9.17) is 9.47 Å². The van der Waals surface area contributed by atoms with Crippen molar-refractivity contribution in [2.45, 2.75) is 39.5 Å². The molecule has 0 saturated carbocycles. The van der Waals surface area contributed by atoms with Gasteiger partial charge in [-0.15, -0.1) is 0 Å². The number of methoxy groups -OCH3 is 1. The molecule has 2 unspecified atom stereocenters. The smallest absolute Gasteiger partial charge is 0.336 e. The Hall–Kier alpha value is -3.54. The van der Waals surface area contributed by atoms with Crippen LogP contribution in [0.25, 0.3) is 0 Å². The summed E-state index contributed by atoms with van der Waals surface area (Å²) in [6, 6.07) is 14.8. The van der Waals surface area contributed by atoms with Crippen LogP contribution in [-0.4, -0.2) is 30.6 Å². The molecule has 0 bridgehead atoms. The summed E-state index contributed by atoms with van der Waals surface area (Å²) >= 11 is 0. The van der Waals surface area contributed by atoms with Crippen LogP contribution in [0, 0.1) is 11.3 Å². The summed E-state index contributed by atoms with van der Waals surface area (Å²) in [4.78, 5) is 26.7. The zero-order valence-corrected chi connectivity index (χ0v) is 20.1. The second kappa shape index (κ2) is 9.37. The third-order valence-corrected chi connectivity index (χ3v) is 6.49. The first-order chi connectivity index (χ1) is 16.2. The molecule has 2 atom stereocenters. The third kappa shape index (κ3) is 4.72. The molecule has 0 saturated heterocycles. The summed E-state index contributed by atoms with van der Waals surface area (Å²) in [7, 11) is 1.48. The van der Waals surface area contributed by atoms with Gasteiger partial charge in [-0.3, -0.25) is 4.79 Å². The van der Waals surface area contributed by atoms with E-state index in [1.54, 1.807) is 18.2 Å². The van der Waals surface area contributed by atoms with Crippen molar-refractivity contribution < 1.29 is 24.2 Å². The lowest BCUT2D eigenvalue weighted by molar-refractivity contribution is -0.139. The van der Waals surface area contributed by atoms with E-state index < -0.39 is 17.8 Å². The summed E-state index contributed by atoms with van der Waals surface area (Å²) in [5.74, 6) is -1.24. The minimum absolute atomic E-state index is 0.0397. The molecule has 0 fully saturated rings.